The molecule has 0 radical (unpaired) electrons. The van der Waals surface area contributed by atoms with E-state index in [2.05, 4.69) is 15.3 Å². The van der Waals surface area contributed by atoms with Gasteiger partial charge in [0, 0.05) is 26.1 Å². The number of ether oxygens (including phenoxy) is 1. The van der Waals surface area contributed by atoms with E-state index in [-0.39, 0.29) is 11.9 Å². The highest BCUT2D eigenvalue weighted by Crippen LogP contribution is 2.29. The minimum atomic E-state index is -0.0162. The Morgan fingerprint density at radius 2 is 2.42 bits per heavy atom. The number of aromatic nitrogens is 2. The average Bonchev–Trinajstić information content (AvgIpc) is 2.79. The van der Waals surface area contributed by atoms with Crippen LogP contribution in [0.25, 0.3) is 0 Å². The molecule has 2 rings (SSSR count). The van der Waals surface area contributed by atoms with Gasteiger partial charge >= 0.3 is 0 Å². The van der Waals surface area contributed by atoms with Gasteiger partial charge in [0.1, 0.15) is 12.0 Å². The Bertz CT molecular complexity index is 465. The summed E-state index contributed by atoms with van der Waals surface area (Å²) in [4.78, 5) is 21.3. The van der Waals surface area contributed by atoms with Gasteiger partial charge in [-0.3, -0.25) is 4.79 Å². The van der Waals surface area contributed by atoms with Crippen LogP contribution in [-0.2, 0) is 4.79 Å². The van der Waals surface area contributed by atoms with Gasteiger partial charge in [0.05, 0.1) is 6.61 Å². The Morgan fingerprint density at radius 3 is 3.11 bits per heavy atom. The minimum Gasteiger partial charge on any atom is -0.476 e. The smallest absolute Gasteiger partial charge is 0.242 e. The Hall–Kier alpha value is -2.05. The third kappa shape index (κ3) is 3.04. The van der Waals surface area contributed by atoms with E-state index in [1.54, 1.807) is 0 Å². The van der Waals surface area contributed by atoms with Crippen LogP contribution in [0.2, 0.25) is 0 Å². The molecular weight excluding hydrogens is 246 g/mol. The van der Waals surface area contributed by atoms with E-state index in [9.17, 15) is 4.79 Å². The lowest BCUT2D eigenvalue weighted by molar-refractivity contribution is -0.119. The van der Waals surface area contributed by atoms with Crippen LogP contribution in [0, 0.1) is 0 Å². The number of carbonyl (C=O) groups is 1. The first-order chi connectivity index (χ1) is 9.11. The van der Waals surface area contributed by atoms with Crippen molar-refractivity contribution < 1.29 is 9.53 Å². The minimum absolute atomic E-state index is 0.0162. The SMILES string of the molecule is CCOc1ncnc(N2CCC(NC(C)=O)C2)c1N. The van der Waals surface area contributed by atoms with E-state index in [1.807, 2.05) is 11.8 Å². The van der Waals surface area contributed by atoms with Crippen molar-refractivity contribution >= 4 is 17.4 Å². The van der Waals surface area contributed by atoms with Gasteiger partial charge in [-0.2, -0.15) is 4.98 Å². The number of hydrogen-bond donors (Lipinski definition) is 2. The highest BCUT2D eigenvalue weighted by molar-refractivity contribution is 5.73. The molecule has 1 aromatic heterocycles. The normalized spacial score (nSPS) is 18.4. The molecule has 1 atom stereocenters. The fraction of sp³-hybridized carbons (Fsp3) is 0.583. The van der Waals surface area contributed by atoms with Gasteiger partial charge in [-0.15, -0.1) is 0 Å². The summed E-state index contributed by atoms with van der Waals surface area (Å²) >= 11 is 0. The van der Waals surface area contributed by atoms with E-state index in [0.29, 0.717) is 30.5 Å². The monoisotopic (exact) mass is 265 g/mol. The molecule has 1 saturated heterocycles. The molecule has 0 spiro atoms. The van der Waals surface area contributed by atoms with Crippen molar-refractivity contribution in [2.75, 3.05) is 30.3 Å². The molecule has 104 valence electrons. The fourth-order valence-corrected chi connectivity index (χ4v) is 2.23. The zero-order valence-corrected chi connectivity index (χ0v) is 11.2. The average molecular weight is 265 g/mol. The van der Waals surface area contributed by atoms with Crippen LogP contribution in [0.5, 0.6) is 5.88 Å². The van der Waals surface area contributed by atoms with Crippen molar-refractivity contribution in [2.45, 2.75) is 26.3 Å². The van der Waals surface area contributed by atoms with Crippen LogP contribution >= 0.6 is 0 Å². The molecule has 1 amide bonds. The highest BCUT2D eigenvalue weighted by Gasteiger charge is 2.26. The quantitative estimate of drug-likeness (QED) is 0.806. The van der Waals surface area contributed by atoms with Crippen LogP contribution in [0.1, 0.15) is 20.3 Å². The molecular formula is C12H19N5O2. The molecule has 1 aromatic rings. The second kappa shape index (κ2) is 5.73. The lowest BCUT2D eigenvalue weighted by atomic mass is 10.2. The van der Waals surface area contributed by atoms with Crippen molar-refractivity contribution in [3.8, 4) is 5.88 Å². The maximum atomic E-state index is 11.0. The standard InChI is InChI=1S/C12H19N5O2/c1-3-19-12-10(13)11(14-7-15-12)17-5-4-9(6-17)16-8(2)18/h7,9H,3-6,13H2,1-2H3,(H,16,18). The molecule has 0 aliphatic carbocycles. The number of anilines is 2. The number of rotatable bonds is 4. The molecule has 1 aliphatic heterocycles. The van der Waals surface area contributed by atoms with Crippen molar-refractivity contribution in [3.05, 3.63) is 6.33 Å². The maximum Gasteiger partial charge on any atom is 0.242 e. The lowest BCUT2D eigenvalue weighted by Gasteiger charge is -2.20. The van der Waals surface area contributed by atoms with Gasteiger partial charge in [0.15, 0.2) is 5.82 Å². The number of nitrogens with one attached hydrogen (secondary N) is 1. The van der Waals surface area contributed by atoms with E-state index >= 15 is 0 Å². The summed E-state index contributed by atoms with van der Waals surface area (Å²) in [5.74, 6) is 1.07. The van der Waals surface area contributed by atoms with E-state index in [4.69, 9.17) is 10.5 Å². The number of nitrogen functional groups attached to an aromatic ring is 1. The summed E-state index contributed by atoms with van der Waals surface area (Å²) in [6.07, 6.45) is 2.33. The molecule has 1 aliphatic rings. The first-order valence-corrected chi connectivity index (χ1v) is 6.37. The van der Waals surface area contributed by atoms with Crippen molar-refractivity contribution in [1.82, 2.24) is 15.3 Å². The summed E-state index contributed by atoms with van der Waals surface area (Å²) in [6, 6.07) is 0.141. The summed E-state index contributed by atoms with van der Waals surface area (Å²) < 4.78 is 5.36. The van der Waals surface area contributed by atoms with E-state index in [1.165, 1.54) is 13.3 Å². The molecule has 19 heavy (non-hydrogen) atoms. The number of hydrogen-bond acceptors (Lipinski definition) is 6. The van der Waals surface area contributed by atoms with Gasteiger partial charge in [-0.1, -0.05) is 0 Å². The zero-order chi connectivity index (χ0) is 13.8. The third-order valence-electron chi connectivity index (χ3n) is 3.00. The van der Waals surface area contributed by atoms with Gasteiger partial charge in [-0.25, -0.2) is 4.98 Å². The second-order valence-corrected chi connectivity index (χ2v) is 4.48. The van der Waals surface area contributed by atoms with Gasteiger partial charge in [0.2, 0.25) is 11.8 Å². The fourth-order valence-electron chi connectivity index (χ4n) is 2.23. The topological polar surface area (TPSA) is 93.4 Å². The Labute approximate surface area is 112 Å². The Balaban J connectivity index is 2.11. The summed E-state index contributed by atoms with van der Waals surface area (Å²) in [5.41, 5.74) is 6.47. The third-order valence-corrected chi connectivity index (χ3v) is 3.00. The molecule has 1 fully saturated rings. The molecule has 0 bridgehead atoms. The molecule has 2 heterocycles. The first-order valence-electron chi connectivity index (χ1n) is 6.37. The predicted octanol–water partition coefficient (Wildman–Crippen LogP) is 0.172. The van der Waals surface area contributed by atoms with Crippen molar-refractivity contribution in [2.24, 2.45) is 0 Å². The highest BCUT2D eigenvalue weighted by atomic mass is 16.5. The van der Waals surface area contributed by atoms with Crippen molar-refractivity contribution in [3.63, 3.8) is 0 Å². The predicted molar refractivity (Wildman–Crippen MR) is 72.0 cm³/mol. The number of nitrogens with zero attached hydrogens (tertiary/aromatic N) is 3. The van der Waals surface area contributed by atoms with Crippen LogP contribution in [0.3, 0.4) is 0 Å². The molecule has 7 heteroatoms. The maximum absolute atomic E-state index is 11.0. The molecule has 3 N–H and O–H groups in total. The number of carbonyl (C=O) groups excluding carboxylic acids is 1. The zero-order valence-electron chi connectivity index (χ0n) is 11.2. The molecule has 0 saturated carbocycles. The molecule has 0 aromatic carbocycles. The molecule has 7 nitrogen and oxygen atoms in total. The van der Waals surface area contributed by atoms with E-state index in [0.717, 1.165) is 13.0 Å². The van der Waals surface area contributed by atoms with Crippen LogP contribution < -0.4 is 20.7 Å². The van der Waals surface area contributed by atoms with Gasteiger partial charge < -0.3 is 20.7 Å². The van der Waals surface area contributed by atoms with Gasteiger partial charge in [0.25, 0.3) is 0 Å². The Morgan fingerprint density at radius 1 is 1.63 bits per heavy atom. The number of nitrogens with two attached hydrogens (primary N) is 1. The van der Waals surface area contributed by atoms with Crippen LogP contribution in [-0.4, -0.2) is 41.6 Å². The van der Waals surface area contributed by atoms with Crippen LogP contribution in [0.15, 0.2) is 6.33 Å². The number of amides is 1. The lowest BCUT2D eigenvalue weighted by Crippen LogP contribution is -2.35. The van der Waals surface area contributed by atoms with Gasteiger partial charge in [-0.05, 0) is 13.3 Å². The second-order valence-electron chi connectivity index (χ2n) is 4.48. The first kappa shape index (κ1) is 13.4. The summed E-state index contributed by atoms with van der Waals surface area (Å²) in [6.45, 7) is 5.41. The summed E-state index contributed by atoms with van der Waals surface area (Å²) in [7, 11) is 0. The Kier molecular flexibility index (Phi) is 4.03. The largest absolute Gasteiger partial charge is 0.476 e. The molecule has 1 unspecified atom stereocenters. The summed E-state index contributed by atoms with van der Waals surface area (Å²) in [5, 5.41) is 2.90. The van der Waals surface area contributed by atoms with Crippen LogP contribution in [0.4, 0.5) is 11.5 Å². The van der Waals surface area contributed by atoms with Crippen molar-refractivity contribution in [1.29, 1.82) is 0 Å². The van der Waals surface area contributed by atoms with E-state index < -0.39 is 0 Å².